The van der Waals surface area contributed by atoms with Gasteiger partial charge in [-0.2, -0.15) is 0 Å². The van der Waals surface area contributed by atoms with Crippen molar-refractivity contribution < 1.29 is 9.90 Å². The summed E-state index contributed by atoms with van der Waals surface area (Å²) in [5, 5.41) is 8.92. The van der Waals surface area contributed by atoms with E-state index in [1.54, 1.807) is 17.0 Å². The number of aromatic nitrogens is 2. The second-order valence-corrected chi connectivity index (χ2v) is 2.79. The van der Waals surface area contributed by atoms with Crippen molar-refractivity contribution in [1.82, 2.24) is 9.55 Å². The van der Waals surface area contributed by atoms with Gasteiger partial charge in [-0.1, -0.05) is 0 Å². The second-order valence-electron chi connectivity index (χ2n) is 2.79. The van der Waals surface area contributed by atoms with E-state index in [9.17, 15) is 4.79 Å². The molecule has 1 N–H and O–H groups in total. The van der Waals surface area contributed by atoms with Crippen molar-refractivity contribution in [1.29, 1.82) is 0 Å². The van der Waals surface area contributed by atoms with E-state index in [-0.39, 0.29) is 5.56 Å². The molecule has 0 fully saturated rings. The molecule has 0 unspecified atom stereocenters. The highest BCUT2D eigenvalue weighted by Gasteiger charge is 2.09. The smallest absolute Gasteiger partial charge is 0.337 e. The van der Waals surface area contributed by atoms with Crippen LogP contribution in [0.5, 0.6) is 0 Å². The second kappa shape index (κ2) is 3.33. The fourth-order valence-electron chi connectivity index (χ4n) is 1.27. The first-order valence-electron chi connectivity index (χ1n) is 4.09. The minimum atomic E-state index is -0.948. The van der Waals surface area contributed by atoms with E-state index >= 15 is 0 Å². The third kappa shape index (κ3) is 1.37. The lowest BCUT2D eigenvalue weighted by atomic mass is 10.2. The van der Waals surface area contributed by atoms with Crippen molar-refractivity contribution in [3.05, 3.63) is 48.5 Å². The molecule has 0 atom stereocenters. The number of carbonyl (C=O) groups is 1. The van der Waals surface area contributed by atoms with Crippen molar-refractivity contribution in [3.63, 3.8) is 0 Å². The summed E-state index contributed by atoms with van der Waals surface area (Å²) in [7, 11) is 0. The van der Waals surface area contributed by atoms with Crippen LogP contribution in [0.1, 0.15) is 10.4 Å². The highest BCUT2D eigenvalue weighted by atomic mass is 16.4. The molecule has 0 aromatic carbocycles. The summed E-state index contributed by atoms with van der Waals surface area (Å²) >= 11 is 0. The van der Waals surface area contributed by atoms with Crippen molar-refractivity contribution in [2.24, 2.45) is 0 Å². The molecule has 0 aliphatic rings. The fraction of sp³-hybridized carbons (Fsp3) is 0. The molecule has 14 heavy (non-hydrogen) atoms. The van der Waals surface area contributed by atoms with Crippen LogP contribution < -0.4 is 0 Å². The van der Waals surface area contributed by atoms with Gasteiger partial charge in [-0.3, -0.25) is 4.98 Å². The van der Waals surface area contributed by atoms with Gasteiger partial charge in [0, 0.05) is 18.6 Å². The van der Waals surface area contributed by atoms with E-state index in [1.165, 1.54) is 18.5 Å². The Morgan fingerprint density at radius 1 is 1.36 bits per heavy atom. The average molecular weight is 188 g/mol. The van der Waals surface area contributed by atoms with Crippen LogP contribution in [0.4, 0.5) is 0 Å². The molecule has 0 saturated carbocycles. The van der Waals surface area contributed by atoms with E-state index in [2.05, 4.69) is 4.98 Å². The molecule has 4 heteroatoms. The summed E-state index contributed by atoms with van der Waals surface area (Å²) in [5.74, 6) is -0.948. The summed E-state index contributed by atoms with van der Waals surface area (Å²) in [6.07, 6.45) is 6.56. The van der Waals surface area contributed by atoms with Crippen LogP contribution in [0.15, 0.2) is 43.0 Å². The van der Waals surface area contributed by atoms with Crippen molar-refractivity contribution in [2.45, 2.75) is 0 Å². The predicted octanol–water partition coefficient (Wildman–Crippen LogP) is 1.57. The fourth-order valence-corrected chi connectivity index (χ4v) is 1.27. The number of aromatic carboxylic acids is 1. The molecular weight excluding hydrogens is 180 g/mol. The van der Waals surface area contributed by atoms with E-state index in [1.807, 2.05) is 12.1 Å². The van der Waals surface area contributed by atoms with Gasteiger partial charge in [0.25, 0.3) is 0 Å². The van der Waals surface area contributed by atoms with Gasteiger partial charge in [-0.15, -0.1) is 0 Å². The summed E-state index contributed by atoms with van der Waals surface area (Å²) in [6.45, 7) is 0. The monoisotopic (exact) mass is 188 g/mol. The SMILES string of the molecule is O=C(O)c1ccncc1-n1cccc1. The third-order valence-electron chi connectivity index (χ3n) is 1.91. The molecule has 0 bridgehead atoms. The number of hydrogen-bond acceptors (Lipinski definition) is 2. The van der Waals surface area contributed by atoms with Crippen LogP contribution in [0, 0.1) is 0 Å². The molecule has 2 rings (SSSR count). The molecule has 0 radical (unpaired) electrons. The lowest BCUT2D eigenvalue weighted by molar-refractivity contribution is 0.0697. The predicted molar refractivity (Wildman–Crippen MR) is 50.5 cm³/mol. The molecular formula is C10H8N2O2. The minimum absolute atomic E-state index is 0.246. The Morgan fingerprint density at radius 3 is 2.71 bits per heavy atom. The van der Waals surface area contributed by atoms with Crippen molar-refractivity contribution in [3.8, 4) is 5.69 Å². The molecule has 0 amide bonds. The maximum Gasteiger partial charge on any atom is 0.337 e. The standard InChI is InChI=1S/C10H8N2O2/c13-10(14)8-3-4-11-7-9(8)12-5-1-2-6-12/h1-7H,(H,13,14). The van der Waals surface area contributed by atoms with Crippen LogP contribution in [0.3, 0.4) is 0 Å². The first-order chi connectivity index (χ1) is 6.79. The van der Waals surface area contributed by atoms with Gasteiger partial charge < -0.3 is 9.67 Å². The maximum absolute atomic E-state index is 10.9. The zero-order valence-corrected chi connectivity index (χ0v) is 7.29. The van der Waals surface area contributed by atoms with E-state index in [0.29, 0.717) is 5.69 Å². The Kier molecular flexibility index (Phi) is 2.02. The van der Waals surface area contributed by atoms with Crippen molar-refractivity contribution >= 4 is 5.97 Å². The number of pyridine rings is 1. The molecule has 2 heterocycles. The van der Waals surface area contributed by atoms with Crippen LogP contribution in [0.25, 0.3) is 5.69 Å². The van der Waals surface area contributed by atoms with Gasteiger partial charge in [0.15, 0.2) is 0 Å². The van der Waals surface area contributed by atoms with Gasteiger partial charge >= 0.3 is 5.97 Å². The topological polar surface area (TPSA) is 55.1 Å². The Hall–Kier alpha value is -2.10. The largest absolute Gasteiger partial charge is 0.478 e. The Balaban J connectivity index is 2.58. The first kappa shape index (κ1) is 8.50. The van der Waals surface area contributed by atoms with Crippen LogP contribution in [-0.4, -0.2) is 20.6 Å². The minimum Gasteiger partial charge on any atom is -0.478 e. The van der Waals surface area contributed by atoms with Gasteiger partial charge in [0.2, 0.25) is 0 Å². The van der Waals surface area contributed by atoms with Gasteiger partial charge in [-0.25, -0.2) is 4.79 Å². The quantitative estimate of drug-likeness (QED) is 0.778. The summed E-state index contributed by atoms with van der Waals surface area (Å²) in [4.78, 5) is 14.8. The molecule has 0 aliphatic heterocycles. The zero-order chi connectivity index (χ0) is 9.97. The van der Waals surface area contributed by atoms with E-state index in [4.69, 9.17) is 5.11 Å². The van der Waals surface area contributed by atoms with Gasteiger partial charge in [0.1, 0.15) is 0 Å². The molecule has 0 aliphatic carbocycles. The Morgan fingerprint density at radius 2 is 2.07 bits per heavy atom. The summed E-state index contributed by atoms with van der Waals surface area (Å²) in [5.41, 5.74) is 0.821. The van der Waals surface area contributed by atoms with E-state index in [0.717, 1.165) is 0 Å². The molecule has 0 spiro atoms. The molecule has 2 aromatic rings. The van der Waals surface area contributed by atoms with Crippen LogP contribution in [-0.2, 0) is 0 Å². The zero-order valence-electron chi connectivity index (χ0n) is 7.29. The number of hydrogen-bond donors (Lipinski definition) is 1. The van der Waals surface area contributed by atoms with Crippen molar-refractivity contribution in [2.75, 3.05) is 0 Å². The third-order valence-corrected chi connectivity index (χ3v) is 1.91. The lowest BCUT2D eigenvalue weighted by Gasteiger charge is -2.05. The Labute approximate surface area is 80.4 Å². The molecule has 4 nitrogen and oxygen atoms in total. The highest BCUT2D eigenvalue weighted by molar-refractivity contribution is 5.91. The van der Waals surface area contributed by atoms with Gasteiger partial charge in [-0.05, 0) is 18.2 Å². The number of carboxylic acids is 1. The van der Waals surface area contributed by atoms with Crippen LogP contribution >= 0.6 is 0 Å². The molecule has 0 saturated heterocycles. The average Bonchev–Trinajstić information content (AvgIpc) is 2.70. The van der Waals surface area contributed by atoms with Gasteiger partial charge in [0.05, 0.1) is 17.4 Å². The summed E-state index contributed by atoms with van der Waals surface area (Å²) < 4.78 is 1.72. The lowest BCUT2D eigenvalue weighted by Crippen LogP contribution is -2.04. The van der Waals surface area contributed by atoms with E-state index < -0.39 is 5.97 Å². The maximum atomic E-state index is 10.9. The Bertz CT molecular complexity index is 449. The normalized spacial score (nSPS) is 10.0. The van der Waals surface area contributed by atoms with Crippen LogP contribution in [0.2, 0.25) is 0 Å². The number of rotatable bonds is 2. The highest BCUT2D eigenvalue weighted by Crippen LogP contribution is 2.12. The number of nitrogens with zero attached hydrogens (tertiary/aromatic N) is 2. The first-order valence-corrected chi connectivity index (χ1v) is 4.09. The summed E-state index contributed by atoms with van der Waals surface area (Å²) in [6, 6.07) is 5.15. The molecule has 70 valence electrons. The molecule has 2 aromatic heterocycles. The number of carboxylic acid groups (broad SMARTS) is 1.